The molecule has 0 aromatic carbocycles. The van der Waals surface area contributed by atoms with Gasteiger partial charge in [0.05, 0.1) is 0 Å². The summed E-state index contributed by atoms with van der Waals surface area (Å²) >= 11 is 0. The second-order valence-corrected chi connectivity index (χ2v) is 6.36. The first-order chi connectivity index (χ1) is 9.79. The zero-order valence-corrected chi connectivity index (χ0v) is 12.5. The Morgan fingerprint density at radius 2 is 2.05 bits per heavy atom. The third kappa shape index (κ3) is 2.66. The van der Waals surface area contributed by atoms with E-state index in [0.717, 1.165) is 25.9 Å². The molecule has 0 amide bonds. The average Bonchev–Trinajstić information content (AvgIpc) is 2.73. The summed E-state index contributed by atoms with van der Waals surface area (Å²) in [4.78, 5) is 11.7. The van der Waals surface area contributed by atoms with Crippen molar-refractivity contribution in [2.45, 2.75) is 57.9 Å². The molecule has 0 spiro atoms. The van der Waals surface area contributed by atoms with E-state index >= 15 is 0 Å². The highest BCUT2D eigenvalue weighted by atomic mass is 15.2. The van der Waals surface area contributed by atoms with Gasteiger partial charge in [-0.25, -0.2) is 9.97 Å². The minimum absolute atomic E-state index is 0.569. The van der Waals surface area contributed by atoms with Crippen molar-refractivity contribution in [1.82, 2.24) is 9.97 Å². The lowest BCUT2D eigenvalue weighted by atomic mass is 9.93. The van der Waals surface area contributed by atoms with Gasteiger partial charge in [0.2, 0.25) is 0 Å². The maximum Gasteiger partial charge on any atom is 0.135 e. The number of nitrogens with two attached hydrogens (primary N) is 1. The maximum atomic E-state index is 5.89. The van der Waals surface area contributed by atoms with Crippen molar-refractivity contribution in [2.24, 2.45) is 11.7 Å². The minimum atomic E-state index is 0.569. The molecular weight excluding hydrogens is 248 g/mol. The predicted octanol–water partition coefficient (Wildman–Crippen LogP) is 2.31. The summed E-state index contributed by atoms with van der Waals surface area (Å²) in [6.45, 7) is 4.16. The highest BCUT2D eigenvalue weighted by Gasteiger charge is 2.28. The first-order valence-electron chi connectivity index (χ1n) is 8.09. The maximum absolute atomic E-state index is 5.89. The van der Waals surface area contributed by atoms with Crippen molar-refractivity contribution in [3.8, 4) is 0 Å². The summed E-state index contributed by atoms with van der Waals surface area (Å²) in [6.07, 6.45) is 10.4. The van der Waals surface area contributed by atoms with Crippen LogP contribution in [0.25, 0.3) is 0 Å². The smallest absolute Gasteiger partial charge is 0.135 e. The summed E-state index contributed by atoms with van der Waals surface area (Å²) in [6, 6.07) is 0.569. The number of piperidine rings is 1. The summed E-state index contributed by atoms with van der Waals surface area (Å²) in [5, 5.41) is 0. The Morgan fingerprint density at radius 1 is 1.20 bits per heavy atom. The van der Waals surface area contributed by atoms with Gasteiger partial charge in [-0.15, -0.1) is 0 Å². The van der Waals surface area contributed by atoms with Crippen LogP contribution < -0.4 is 10.6 Å². The van der Waals surface area contributed by atoms with E-state index in [1.54, 1.807) is 6.33 Å². The fraction of sp³-hybridized carbons (Fsp3) is 0.750. The molecule has 2 aliphatic rings. The third-order valence-corrected chi connectivity index (χ3v) is 4.94. The second kappa shape index (κ2) is 6.08. The van der Waals surface area contributed by atoms with Gasteiger partial charge < -0.3 is 10.6 Å². The van der Waals surface area contributed by atoms with Crippen molar-refractivity contribution in [2.75, 3.05) is 18.0 Å². The first kappa shape index (κ1) is 13.8. The summed E-state index contributed by atoms with van der Waals surface area (Å²) in [7, 11) is 0. The van der Waals surface area contributed by atoms with E-state index in [2.05, 4.69) is 21.8 Å². The quantitative estimate of drug-likeness (QED) is 0.841. The number of fused-ring (bicyclic) bond motifs is 1. The van der Waals surface area contributed by atoms with Crippen molar-refractivity contribution in [3.05, 3.63) is 17.6 Å². The van der Waals surface area contributed by atoms with Gasteiger partial charge in [0.15, 0.2) is 0 Å². The van der Waals surface area contributed by atoms with E-state index in [1.165, 1.54) is 49.2 Å². The number of rotatable bonds is 2. The molecule has 0 radical (unpaired) electrons. The topological polar surface area (TPSA) is 55.0 Å². The molecule has 3 rings (SSSR count). The molecule has 0 bridgehead atoms. The van der Waals surface area contributed by atoms with Crippen LogP contribution in [-0.2, 0) is 12.8 Å². The Bertz CT molecular complexity index is 460. The number of nitrogens with zero attached hydrogens (tertiary/aromatic N) is 3. The fourth-order valence-corrected chi connectivity index (χ4v) is 3.60. The van der Waals surface area contributed by atoms with Crippen molar-refractivity contribution in [1.29, 1.82) is 0 Å². The highest BCUT2D eigenvalue weighted by molar-refractivity contribution is 5.50. The molecule has 4 nitrogen and oxygen atoms in total. The normalized spacial score (nSPS) is 27.0. The Labute approximate surface area is 121 Å². The van der Waals surface area contributed by atoms with Crippen LogP contribution in [-0.4, -0.2) is 29.1 Å². The van der Waals surface area contributed by atoms with Gasteiger partial charge in [-0.3, -0.25) is 0 Å². The molecule has 1 saturated heterocycles. The van der Waals surface area contributed by atoms with Crippen LogP contribution in [0.15, 0.2) is 6.33 Å². The lowest BCUT2D eigenvalue weighted by Gasteiger charge is -2.39. The van der Waals surface area contributed by atoms with Crippen LogP contribution >= 0.6 is 0 Å². The monoisotopic (exact) mass is 274 g/mol. The highest BCUT2D eigenvalue weighted by Crippen LogP contribution is 2.31. The molecule has 2 N–H and O–H groups in total. The molecule has 1 aromatic rings. The third-order valence-electron chi connectivity index (χ3n) is 4.94. The number of hydrogen-bond acceptors (Lipinski definition) is 4. The summed E-state index contributed by atoms with van der Waals surface area (Å²) < 4.78 is 0. The second-order valence-electron chi connectivity index (χ2n) is 6.36. The molecule has 2 heterocycles. The van der Waals surface area contributed by atoms with Crippen molar-refractivity contribution >= 4 is 5.82 Å². The molecule has 1 fully saturated rings. The molecule has 1 aliphatic carbocycles. The molecule has 4 heteroatoms. The number of aryl methyl sites for hydroxylation is 1. The molecule has 1 aromatic heterocycles. The molecule has 0 saturated carbocycles. The fourth-order valence-electron chi connectivity index (χ4n) is 3.60. The van der Waals surface area contributed by atoms with E-state index in [1.807, 2.05) is 0 Å². The van der Waals surface area contributed by atoms with Crippen molar-refractivity contribution < 1.29 is 0 Å². The van der Waals surface area contributed by atoms with Crippen LogP contribution in [0, 0.1) is 5.92 Å². The van der Waals surface area contributed by atoms with Crippen LogP contribution in [0.3, 0.4) is 0 Å². The van der Waals surface area contributed by atoms with Gasteiger partial charge in [0, 0.05) is 23.8 Å². The Balaban J connectivity index is 1.92. The molecule has 2 atom stereocenters. The summed E-state index contributed by atoms with van der Waals surface area (Å²) in [5.74, 6) is 1.81. The van der Waals surface area contributed by atoms with Crippen LogP contribution in [0.2, 0.25) is 0 Å². The number of anilines is 1. The predicted molar refractivity (Wildman–Crippen MR) is 81.9 cm³/mol. The molecule has 110 valence electrons. The zero-order chi connectivity index (χ0) is 13.9. The van der Waals surface area contributed by atoms with Crippen LogP contribution in [0.1, 0.15) is 50.3 Å². The van der Waals surface area contributed by atoms with Gasteiger partial charge in [-0.1, -0.05) is 6.42 Å². The minimum Gasteiger partial charge on any atom is -0.353 e. The Morgan fingerprint density at radius 3 is 2.90 bits per heavy atom. The number of aromatic nitrogens is 2. The van der Waals surface area contributed by atoms with Crippen LogP contribution in [0.4, 0.5) is 5.82 Å². The van der Waals surface area contributed by atoms with Gasteiger partial charge in [0.25, 0.3) is 0 Å². The van der Waals surface area contributed by atoms with Gasteiger partial charge in [-0.05, 0) is 57.9 Å². The first-order valence-corrected chi connectivity index (χ1v) is 8.09. The van der Waals surface area contributed by atoms with E-state index in [-0.39, 0.29) is 0 Å². The standard InChI is InChI=1S/C16H26N4/c1-12-7-8-13(9-17)10-20(12)16-14-5-3-2-4-6-15(14)18-11-19-16/h11-13H,2-10,17H2,1H3. The van der Waals surface area contributed by atoms with E-state index in [4.69, 9.17) is 5.73 Å². The van der Waals surface area contributed by atoms with E-state index in [0.29, 0.717) is 12.0 Å². The number of hydrogen-bond donors (Lipinski definition) is 1. The van der Waals surface area contributed by atoms with Gasteiger partial charge in [0.1, 0.15) is 12.1 Å². The largest absolute Gasteiger partial charge is 0.353 e. The average molecular weight is 274 g/mol. The SMILES string of the molecule is CC1CCC(CN)CN1c1ncnc2c1CCCCC2. The molecular formula is C16H26N4. The van der Waals surface area contributed by atoms with E-state index in [9.17, 15) is 0 Å². The Kier molecular flexibility index (Phi) is 4.20. The zero-order valence-electron chi connectivity index (χ0n) is 12.5. The lowest BCUT2D eigenvalue weighted by molar-refractivity contribution is 0.371. The Hall–Kier alpha value is -1.16. The van der Waals surface area contributed by atoms with Gasteiger partial charge >= 0.3 is 0 Å². The molecule has 2 unspecified atom stereocenters. The van der Waals surface area contributed by atoms with Crippen LogP contribution in [0.5, 0.6) is 0 Å². The molecule has 1 aliphatic heterocycles. The van der Waals surface area contributed by atoms with Gasteiger partial charge in [-0.2, -0.15) is 0 Å². The summed E-state index contributed by atoms with van der Waals surface area (Å²) in [5.41, 5.74) is 8.59. The van der Waals surface area contributed by atoms with E-state index < -0.39 is 0 Å². The molecule has 20 heavy (non-hydrogen) atoms. The van der Waals surface area contributed by atoms with Crippen molar-refractivity contribution in [3.63, 3.8) is 0 Å². The lowest BCUT2D eigenvalue weighted by Crippen LogP contribution is -2.45.